The van der Waals surface area contributed by atoms with Crippen LogP contribution in [-0.2, 0) is 0 Å². The first-order valence-corrected chi connectivity index (χ1v) is 7.65. The minimum Gasteiger partial charge on any atom is -0.351 e. The first-order valence-electron chi connectivity index (χ1n) is 7.65. The van der Waals surface area contributed by atoms with Crippen LogP contribution in [0.25, 0.3) is 0 Å². The maximum Gasteiger partial charge on any atom is 0.225 e. The molecule has 1 aliphatic carbocycles. The summed E-state index contributed by atoms with van der Waals surface area (Å²) in [6.45, 7) is 4.09. The Morgan fingerprint density at radius 2 is 1.71 bits per heavy atom. The van der Waals surface area contributed by atoms with Crippen molar-refractivity contribution < 1.29 is 0 Å². The molecule has 1 aliphatic rings. The van der Waals surface area contributed by atoms with E-state index in [1.165, 1.54) is 31.2 Å². The minimum absolute atomic E-state index is 0.527. The van der Waals surface area contributed by atoms with Crippen LogP contribution < -0.4 is 10.6 Å². The summed E-state index contributed by atoms with van der Waals surface area (Å²) < 4.78 is 0. The van der Waals surface area contributed by atoms with Crippen LogP contribution in [0.5, 0.6) is 0 Å². The van der Waals surface area contributed by atoms with Crippen LogP contribution >= 0.6 is 0 Å². The smallest absolute Gasteiger partial charge is 0.225 e. The highest BCUT2D eigenvalue weighted by atomic mass is 15.2. The van der Waals surface area contributed by atoms with E-state index in [1.807, 2.05) is 13.0 Å². The van der Waals surface area contributed by atoms with Gasteiger partial charge in [0.25, 0.3) is 0 Å². The van der Waals surface area contributed by atoms with Gasteiger partial charge in [-0.05, 0) is 38.8 Å². The molecule has 2 N–H and O–H groups in total. The monoisotopic (exact) mass is 282 g/mol. The molecule has 4 nitrogen and oxygen atoms in total. The minimum atomic E-state index is 0.527. The molecular weight excluding hydrogens is 260 g/mol. The van der Waals surface area contributed by atoms with Crippen LogP contribution in [0.1, 0.15) is 36.9 Å². The topological polar surface area (TPSA) is 49.8 Å². The second-order valence-corrected chi connectivity index (χ2v) is 5.83. The molecule has 1 aromatic heterocycles. The van der Waals surface area contributed by atoms with Crippen molar-refractivity contribution in [1.82, 2.24) is 9.97 Å². The molecule has 0 spiro atoms. The largest absolute Gasteiger partial charge is 0.351 e. The molecule has 21 heavy (non-hydrogen) atoms. The third-order valence-corrected chi connectivity index (χ3v) is 3.87. The summed E-state index contributed by atoms with van der Waals surface area (Å²) in [6, 6.07) is 10.8. The van der Waals surface area contributed by atoms with Gasteiger partial charge < -0.3 is 10.6 Å². The average molecular weight is 282 g/mol. The Morgan fingerprint density at radius 3 is 2.43 bits per heavy atom. The van der Waals surface area contributed by atoms with Crippen molar-refractivity contribution in [2.24, 2.45) is 0 Å². The fourth-order valence-electron chi connectivity index (χ4n) is 2.73. The second kappa shape index (κ2) is 6.12. The van der Waals surface area contributed by atoms with Gasteiger partial charge in [-0.25, -0.2) is 4.98 Å². The molecule has 0 unspecified atom stereocenters. The lowest BCUT2D eigenvalue weighted by molar-refractivity contribution is 0.743. The molecule has 0 radical (unpaired) electrons. The van der Waals surface area contributed by atoms with Crippen molar-refractivity contribution in [3.63, 3.8) is 0 Å². The fourth-order valence-corrected chi connectivity index (χ4v) is 2.73. The van der Waals surface area contributed by atoms with E-state index in [-0.39, 0.29) is 0 Å². The number of rotatable bonds is 4. The highest BCUT2D eigenvalue weighted by Crippen LogP contribution is 2.22. The number of hydrogen-bond donors (Lipinski definition) is 2. The van der Waals surface area contributed by atoms with E-state index in [0.29, 0.717) is 6.04 Å². The van der Waals surface area contributed by atoms with Gasteiger partial charge in [0, 0.05) is 23.5 Å². The molecule has 1 saturated carbocycles. The van der Waals surface area contributed by atoms with Crippen molar-refractivity contribution in [2.45, 2.75) is 45.6 Å². The van der Waals surface area contributed by atoms with Gasteiger partial charge in [0.2, 0.25) is 5.95 Å². The summed E-state index contributed by atoms with van der Waals surface area (Å²) in [5, 5.41) is 6.80. The average Bonchev–Trinajstić information content (AvgIpc) is 2.93. The van der Waals surface area contributed by atoms with E-state index in [4.69, 9.17) is 0 Å². The number of anilines is 3. The SMILES string of the molecule is Cc1ccc(Nc2cc(C)nc(NC3CCCC3)n2)cc1. The number of aromatic nitrogens is 2. The van der Waals surface area contributed by atoms with Gasteiger partial charge in [0.15, 0.2) is 0 Å². The van der Waals surface area contributed by atoms with Gasteiger partial charge in [0.05, 0.1) is 0 Å². The zero-order valence-electron chi connectivity index (χ0n) is 12.7. The summed E-state index contributed by atoms with van der Waals surface area (Å²) in [4.78, 5) is 9.07. The van der Waals surface area contributed by atoms with E-state index in [9.17, 15) is 0 Å². The summed E-state index contributed by atoms with van der Waals surface area (Å²) in [5.41, 5.74) is 3.27. The van der Waals surface area contributed by atoms with Crippen LogP contribution in [-0.4, -0.2) is 16.0 Å². The standard InChI is InChI=1S/C17H22N4/c1-12-7-9-15(10-8-12)19-16-11-13(2)18-17(21-16)20-14-5-3-4-6-14/h7-11,14H,3-6H2,1-2H3,(H2,18,19,20,21). The third-order valence-electron chi connectivity index (χ3n) is 3.87. The number of aryl methyl sites for hydroxylation is 2. The molecule has 1 fully saturated rings. The van der Waals surface area contributed by atoms with Gasteiger partial charge in [0.1, 0.15) is 5.82 Å². The highest BCUT2D eigenvalue weighted by Gasteiger charge is 2.16. The van der Waals surface area contributed by atoms with Gasteiger partial charge in [-0.2, -0.15) is 4.98 Å². The molecule has 4 heteroatoms. The first kappa shape index (κ1) is 13.9. The number of nitrogens with one attached hydrogen (secondary N) is 2. The van der Waals surface area contributed by atoms with Gasteiger partial charge in [-0.3, -0.25) is 0 Å². The maximum absolute atomic E-state index is 4.58. The van der Waals surface area contributed by atoms with Crippen LogP contribution in [0, 0.1) is 13.8 Å². The fraction of sp³-hybridized carbons (Fsp3) is 0.412. The highest BCUT2D eigenvalue weighted by molar-refractivity contribution is 5.57. The van der Waals surface area contributed by atoms with Crippen molar-refractivity contribution >= 4 is 17.5 Å². The third kappa shape index (κ3) is 3.72. The van der Waals surface area contributed by atoms with Crippen LogP contribution in [0.15, 0.2) is 30.3 Å². The van der Waals surface area contributed by atoms with Gasteiger partial charge >= 0.3 is 0 Å². The van der Waals surface area contributed by atoms with E-state index in [2.05, 4.69) is 51.8 Å². The molecule has 1 aromatic carbocycles. The summed E-state index contributed by atoms with van der Waals surface area (Å²) in [6.07, 6.45) is 5.05. The Morgan fingerprint density at radius 1 is 1.00 bits per heavy atom. The number of hydrogen-bond acceptors (Lipinski definition) is 4. The summed E-state index contributed by atoms with van der Waals surface area (Å²) >= 11 is 0. The Labute approximate surface area is 126 Å². The summed E-state index contributed by atoms with van der Waals surface area (Å²) in [7, 11) is 0. The van der Waals surface area contributed by atoms with E-state index < -0.39 is 0 Å². The van der Waals surface area contributed by atoms with E-state index in [0.717, 1.165) is 23.1 Å². The molecule has 110 valence electrons. The molecular formula is C17H22N4. The van der Waals surface area contributed by atoms with Crippen molar-refractivity contribution in [2.75, 3.05) is 10.6 Å². The van der Waals surface area contributed by atoms with Crippen LogP contribution in [0.2, 0.25) is 0 Å². The predicted octanol–water partition coefficient (Wildman–Crippen LogP) is 4.19. The molecule has 0 amide bonds. The predicted molar refractivity (Wildman–Crippen MR) is 87.1 cm³/mol. The number of benzene rings is 1. The zero-order chi connectivity index (χ0) is 14.7. The molecule has 1 heterocycles. The van der Waals surface area contributed by atoms with Gasteiger partial charge in [-0.15, -0.1) is 0 Å². The molecule has 0 aliphatic heterocycles. The van der Waals surface area contributed by atoms with E-state index >= 15 is 0 Å². The maximum atomic E-state index is 4.58. The Balaban J connectivity index is 1.75. The lowest BCUT2D eigenvalue weighted by atomic mass is 10.2. The Hall–Kier alpha value is -2.10. The lowest BCUT2D eigenvalue weighted by Crippen LogP contribution is -2.17. The van der Waals surface area contributed by atoms with Crippen molar-refractivity contribution in [3.8, 4) is 0 Å². The Kier molecular flexibility index (Phi) is 4.04. The quantitative estimate of drug-likeness (QED) is 0.882. The molecule has 0 bridgehead atoms. The molecule has 0 saturated heterocycles. The second-order valence-electron chi connectivity index (χ2n) is 5.83. The first-order chi connectivity index (χ1) is 10.2. The van der Waals surface area contributed by atoms with Crippen molar-refractivity contribution in [1.29, 1.82) is 0 Å². The van der Waals surface area contributed by atoms with E-state index in [1.54, 1.807) is 0 Å². The van der Waals surface area contributed by atoms with Crippen LogP contribution in [0.3, 0.4) is 0 Å². The van der Waals surface area contributed by atoms with Crippen LogP contribution in [0.4, 0.5) is 17.5 Å². The molecule has 3 rings (SSSR count). The lowest BCUT2D eigenvalue weighted by Gasteiger charge is -2.14. The Bertz CT molecular complexity index is 601. The zero-order valence-corrected chi connectivity index (χ0v) is 12.7. The molecule has 2 aromatic rings. The molecule has 0 atom stereocenters. The van der Waals surface area contributed by atoms with Gasteiger partial charge in [-0.1, -0.05) is 30.5 Å². The normalized spacial score (nSPS) is 15.1. The summed E-state index contributed by atoms with van der Waals surface area (Å²) in [5.74, 6) is 1.57. The van der Waals surface area contributed by atoms with Crippen molar-refractivity contribution in [3.05, 3.63) is 41.6 Å². The number of nitrogens with zero attached hydrogens (tertiary/aromatic N) is 2.